The summed E-state index contributed by atoms with van der Waals surface area (Å²) < 4.78 is 5.16. The molecule has 2 fully saturated rings. The minimum absolute atomic E-state index is 0.136. The van der Waals surface area contributed by atoms with Gasteiger partial charge in [-0.1, -0.05) is 17.7 Å². The average molecular weight is 388 g/mol. The van der Waals surface area contributed by atoms with E-state index in [-0.39, 0.29) is 24.1 Å². The predicted octanol–water partition coefficient (Wildman–Crippen LogP) is 2.02. The van der Waals surface area contributed by atoms with Gasteiger partial charge in [-0.25, -0.2) is 4.90 Å². The summed E-state index contributed by atoms with van der Waals surface area (Å²) in [6, 6.07) is 9.53. The highest BCUT2D eigenvalue weighted by Crippen LogP contribution is 2.28. The Labute approximate surface area is 161 Å². The van der Waals surface area contributed by atoms with Crippen molar-refractivity contribution in [2.45, 2.75) is 12.5 Å². The quantitative estimate of drug-likeness (QED) is 0.753. The molecule has 0 spiro atoms. The number of furan rings is 1. The van der Waals surface area contributed by atoms with Crippen LogP contribution in [0.2, 0.25) is 5.02 Å². The van der Waals surface area contributed by atoms with E-state index in [1.807, 2.05) is 4.90 Å². The monoisotopic (exact) mass is 387 g/mol. The van der Waals surface area contributed by atoms with E-state index < -0.39 is 6.04 Å². The lowest BCUT2D eigenvalue weighted by Crippen LogP contribution is -2.53. The Hall–Kier alpha value is -2.64. The second kappa shape index (κ2) is 7.17. The molecule has 0 bridgehead atoms. The van der Waals surface area contributed by atoms with E-state index in [4.69, 9.17) is 16.0 Å². The normalized spacial score (nSPS) is 21.1. The zero-order valence-electron chi connectivity index (χ0n) is 14.5. The smallest absolute Gasteiger partial charge is 0.289 e. The minimum Gasteiger partial charge on any atom is -0.459 e. The summed E-state index contributed by atoms with van der Waals surface area (Å²) in [5, 5.41) is 0.474. The molecule has 4 rings (SSSR count). The van der Waals surface area contributed by atoms with Gasteiger partial charge in [0.1, 0.15) is 0 Å². The number of amides is 3. The molecule has 1 unspecified atom stereocenters. The van der Waals surface area contributed by atoms with Crippen LogP contribution in [0.3, 0.4) is 0 Å². The van der Waals surface area contributed by atoms with Gasteiger partial charge in [-0.3, -0.25) is 19.3 Å². The molecule has 1 aromatic carbocycles. The zero-order valence-corrected chi connectivity index (χ0v) is 15.3. The number of nitrogens with zero attached hydrogens (tertiary/aromatic N) is 3. The lowest BCUT2D eigenvalue weighted by atomic mass is 10.1. The maximum atomic E-state index is 12.9. The molecule has 27 heavy (non-hydrogen) atoms. The van der Waals surface area contributed by atoms with E-state index in [9.17, 15) is 14.4 Å². The Kier molecular flexibility index (Phi) is 4.72. The van der Waals surface area contributed by atoms with E-state index in [0.29, 0.717) is 42.6 Å². The van der Waals surface area contributed by atoms with Crippen LogP contribution in [0.25, 0.3) is 0 Å². The third-order valence-electron chi connectivity index (χ3n) is 4.96. The van der Waals surface area contributed by atoms with Crippen LogP contribution in [0.4, 0.5) is 5.69 Å². The molecule has 140 valence electrons. The van der Waals surface area contributed by atoms with Gasteiger partial charge in [-0.15, -0.1) is 0 Å². The standard InChI is InChI=1S/C19H18ClN3O4/c20-13-3-1-4-14(11-13)23-17(24)12-15(18(23)25)21-6-8-22(9-7-21)19(26)16-5-2-10-27-16/h1-5,10-11,15H,6-9,12H2. The van der Waals surface area contributed by atoms with Crippen LogP contribution in [0.1, 0.15) is 17.0 Å². The van der Waals surface area contributed by atoms with Gasteiger partial charge in [0, 0.05) is 31.2 Å². The number of hydrogen-bond acceptors (Lipinski definition) is 5. The van der Waals surface area contributed by atoms with Crippen LogP contribution < -0.4 is 4.90 Å². The van der Waals surface area contributed by atoms with Crippen LogP contribution in [-0.2, 0) is 9.59 Å². The fourth-order valence-electron chi connectivity index (χ4n) is 3.58. The van der Waals surface area contributed by atoms with Crippen LogP contribution in [0.15, 0.2) is 47.1 Å². The predicted molar refractivity (Wildman–Crippen MR) is 98.5 cm³/mol. The van der Waals surface area contributed by atoms with Crippen molar-refractivity contribution in [3.8, 4) is 0 Å². The summed E-state index contributed by atoms with van der Waals surface area (Å²) >= 11 is 5.99. The highest BCUT2D eigenvalue weighted by molar-refractivity contribution is 6.31. The van der Waals surface area contributed by atoms with E-state index >= 15 is 0 Å². The number of halogens is 1. The molecule has 8 heteroatoms. The van der Waals surface area contributed by atoms with Crippen molar-refractivity contribution in [1.82, 2.24) is 9.80 Å². The summed E-state index contributed by atoms with van der Waals surface area (Å²) in [6.07, 6.45) is 1.61. The fraction of sp³-hybridized carbons (Fsp3) is 0.316. The number of anilines is 1. The molecule has 3 amide bonds. The first-order valence-corrected chi connectivity index (χ1v) is 9.11. The van der Waals surface area contributed by atoms with Crippen molar-refractivity contribution in [3.05, 3.63) is 53.4 Å². The molecule has 0 saturated carbocycles. The number of piperazine rings is 1. The van der Waals surface area contributed by atoms with Crippen LogP contribution in [0, 0.1) is 0 Å². The summed E-state index contributed by atoms with van der Waals surface area (Å²) in [4.78, 5) is 42.5. The first kappa shape index (κ1) is 17.8. The Morgan fingerprint density at radius 3 is 2.52 bits per heavy atom. The molecule has 2 aromatic rings. The summed E-state index contributed by atoms with van der Waals surface area (Å²) in [7, 11) is 0. The molecule has 0 radical (unpaired) electrons. The molecule has 7 nitrogen and oxygen atoms in total. The lowest BCUT2D eigenvalue weighted by molar-refractivity contribution is -0.123. The van der Waals surface area contributed by atoms with Crippen molar-refractivity contribution in [2.24, 2.45) is 0 Å². The van der Waals surface area contributed by atoms with E-state index in [1.54, 1.807) is 41.3 Å². The topological polar surface area (TPSA) is 74.1 Å². The van der Waals surface area contributed by atoms with Crippen LogP contribution in [-0.4, -0.2) is 59.7 Å². The number of carbonyl (C=O) groups is 3. The third kappa shape index (κ3) is 3.36. The second-order valence-electron chi connectivity index (χ2n) is 6.57. The molecular formula is C19H18ClN3O4. The van der Waals surface area contributed by atoms with Crippen molar-refractivity contribution < 1.29 is 18.8 Å². The summed E-state index contributed by atoms with van der Waals surface area (Å²) in [5.41, 5.74) is 0.492. The molecule has 0 aliphatic carbocycles. The first-order chi connectivity index (χ1) is 13.0. The number of benzene rings is 1. The van der Waals surface area contributed by atoms with Crippen molar-refractivity contribution in [1.29, 1.82) is 0 Å². The van der Waals surface area contributed by atoms with Gasteiger partial charge in [0.25, 0.3) is 11.8 Å². The molecule has 1 aromatic heterocycles. The van der Waals surface area contributed by atoms with Gasteiger partial charge >= 0.3 is 0 Å². The first-order valence-electron chi connectivity index (χ1n) is 8.74. The average Bonchev–Trinajstić information content (AvgIpc) is 3.30. The molecule has 0 N–H and O–H groups in total. The maximum Gasteiger partial charge on any atom is 0.289 e. The fourth-order valence-corrected chi connectivity index (χ4v) is 3.76. The van der Waals surface area contributed by atoms with Gasteiger partial charge in [-0.05, 0) is 30.3 Å². The van der Waals surface area contributed by atoms with Crippen LogP contribution in [0.5, 0.6) is 0 Å². The Morgan fingerprint density at radius 1 is 1.07 bits per heavy atom. The van der Waals surface area contributed by atoms with Gasteiger partial charge in [0.05, 0.1) is 24.4 Å². The largest absolute Gasteiger partial charge is 0.459 e. The summed E-state index contributed by atoms with van der Waals surface area (Å²) in [5.74, 6) is -0.328. The van der Waals surface area contributed by atoms with Gasteiger partial charge in [0.15, 0.2) is 5.76 Å². The van der Waals surface area contributed by atoms with Crippen molar-refractivity contribution in [2.75, 3.05) is 31.1 Å². The van der Waals surface area contributed by atoms with Crippen LogP contribution >= 0.6 is 11.6 Å². The number of carbonyl (C=O) groups excluding carboxylic acids is 3. The molecule has 3 heterocycles. The molecular weight excluding hydrogens is 370 g/mol. The highest BCUT2D eigenvalue weighted by Gasteiger charge is 2.43. The van der Waals surface area contributed by atoms with Crippen molar-refractivity contribution >= 4 is 35.0 Å². The second-order valence-corrected chi connectivity index (χ2v) is 7.01. The molecule has 2 saturated heterocycles. The zero-order chi connectivity index (χ0) is 19.0. The Bertz CT molecular complexity index is 875. The Balaban J connectivity index is 1.42. The molecule has 2 aliphatic heterocycles. The third-order valence-corrected chi connectivity index (χ3v) is 5.20. The molecule has 2 aliphatic rings. The number of hydrogen-bond donors (Lipinski definition) is 0. The van der Waals surface area contributed by atoms with E-state index in [2.05, 4.69) is 0 Å². The summed E-state index contributed by atoms with van der Waals surface area (Å²) in [6.45, 7) is 2.02. The highest BCUT2D eigenvalue weighted by atomic mass is 35.5. The van der Waals surface area contributed by atoms with Gasteiger partial charge in [0.2, 0.25) is 5.91 Å². The SMILES string of the molecule is O=C(c1ccco1)N1CCN(C2CC(=O)N(c3cccc(Cl)c3)C2=O)CC1. The Morgan fingerprint density at radius 2 is 1.85 bits per heavy atom. The van der Waals surface area contributed by atoms with E-state index in [0.717, 1.165) is 0 Å². The van der Waals surface area contributed by atoms with E-state index in [1.165, 1.54) is 11.2 Å². The van der Waals surface area contributed by atoms with Gasteiger partial charge < -0.3 is 9.32 Å². The molecule has 1 atom stereocenters. The maximum absolute atomic E-state index is 12.9. The van der Waals surface area contributed by atoms with Crippen molar-refractivity contribution in [3.63, 3.8) is 0 Å². The number of rotatable bonds is 3. The minimum atomic E-state index is -0.502. The number of imide groups is 1. The van der Waals surface area contributed by atoms with Gasteiger partial charge in [-0.2, -0.15) is 0 Å². The lowest BCUT2D eigenvalue weighted by Gasteiger charge is -2.36.